The highest BCUT2D eigenvalue weighted by Crippen LogP contribution is 1.88. The molecular formula is C7H9Cl2Si. The van der Waals surface area contributed by atoms with Crippen LogP contribution in [0.1, 0.15) is 5.56 Å². The molecule has 3 heteroatoms. The number of rotatable bonds is 0. The molecule has 1 rings (SSSR count). The van der Waals surface area contributed by atoms with Gasteiger partial charge in [-0.3, -0.25) is 0 Å². The maximum absolute atomic E-state index is 3.44. The first-order valence-corrected chi connectivity index (χ1v) is 3.08. The Morgan fingerprint density at radius 3 is 1.90 bits per heavy atom. The van der Waals surface area contributed by atoms with Crippen molar-refractivity contribution in [1.82, 2.24) is 0 Å². The van der Waals surface area contributed by atoms with Gasteiger partial charge in [0, 0.05) is 0 Å². The third-order valence-electron chi connectivity index (χ3n) is 1.15. The number of aryl methyl sites for hydroxylation is 1. The summed E-state index contributed by atoms with van der Waals surface area (Å²) in [5.74, 6) is 0. The van der Waals surface area contributed by atoms with Crippen LogP contribution in [0.5, 0.6) is 0 Å². The van der Waals surface area contributed by atoms with Gasteiger partial charge in [-0.05, 0) is 6.92 Å². The zero-order valence-electron chi connectivity index (χ0n) is 5.63. The SMILES string of the molecule is Cc1ccccc1[Si].Cl.Cl. The first kappa shape index (κ1) is 12.7. The third kappa shape index (κ3) is 3.25. The zero-order valence-corrected chi connectivity index (χ0v) is 8.26. The van der Waals surface area contributed by atoms with Crippen molar-refractivity contribution in [3.8, 4) is 0 Å². The highest BCUT2D eigenvalue weighted by atomic mass is 35.5. The van der Waals surface area contributed by atoms with E-state index >= 15 is 0 Å². The summed E-state index contributed by atoms with van der Waals surface area (Å²) >= 11 is 0. The average Bonchev–Trinajstić information content (AvgIpc) is 1.77. The van der Waals surface area contributed by atoms with E-state index in [2.05, 4.69) is 23.2 Å². The summed E-state index contributed by atoms with van der Waals surface area (Å²) in [5, 5.41) is 1.17. The summed E-state index contributed by atoms with van der Waals surface area (Å²) in [6.45, 7) is 2.07. The zero-order chi connectivity index (χ0) is 5.98. The third-order valence-corrected chi connectivity index (χ3v) is 1.71. The maximum Gasteiger partial charge on any atom is 0.0715 e. The fourth-order valence-corrected chi connectivity index (χ4v) is 0.752. The number of hydrogen-bond acceptors (Lipinski definition) is 0. The van der Waals surface area contributed by atoms with Gasteiger partial charge in [-0.1, -0.05) is 35.0 Å². The second kappa shape index (κ2) is 5.78. The van der Waals surface area contributed by atoms with Crippen molar-refractivity contribution in [2.45, 2.75) is 6.92 Å². The van der Waals surface area contributed by atoms with Crippen LogP contribution in [0.2, 0.25) is 0 Å². The normalized spacial score (nSPS) is 7.40. The van der Waals surface area contributed by atoms with Gasteiger partial charge in [-0.15, -0.1) is 24.8 Å². The Bertz CT molecular complexity index is 168. The summed E-state index contributed by atoms with van der Waals surface area (Å²) < 4.78 is 0. The topological polar surface area (TPSA) is 0 Å². The quantitative estimate of drug-likeness (QED) is 0.548. The van der Waals surface area contributed by atoms with E-state index in [4.69, 9.17) is 0 Å². The standard InChI is InChI=1S/C7H7Si.2ClH/c1-6-4-2-3-5-7(6)8;;/h2-5H,1H3;2*1H. The first-order valence-electron chi connectivity index (χ1n) is 2.58. The van der Waals surface area contributed by atoms with Crippen LogP contribution in [-0.4, -0.2) is 10.2 Å². The van der Waals surface area contributed by atoms with Crippen LogP contribution in [-0.2, 0) is 0 Å². The Morgan fingerprint density at radius 1 is 1.10 bits per heavy atom. The van der Waals surface area contributed by atoms with Crippen LogP contribution >= 0.6 is 24.8 Å². The molecule has 0 amide bonds. The molecule has 1 aromatic carbocycles. The van der Waals surface area contributed by atoms with Gasteiger partial charge in [0.1, 0.15) is 0 Å². The second-order valence-corrected chi connectivity index (χ2v) is 2.35. The van der Waals surface area contributed by atoms with Crippen molar-refractivity contribution < 1.29 is 0 Å². The van der Waals surface area contributed by atoms with Gasteiger partial charge in [-0.25, -0.2) is 0 Å². The molecule has 0 aromatic heterocycles. The fourth-order valence-electron chi connectivity index (χ4n) is 0.573. The van der Waals surface area contributed by atoms with Crippen LogP contribution in [0.25, 0.3) is 0 Å². The highest BCUT2D eigenvalue weighted by Gasteiger charge is 1.84. The highest BCUT2D eigenvalue weighted by molar-refractivity contribution is 6.33. The summed E-state index contributed by atoms with van der Waals surface area (Å²) in [6.07, 6.45) is 0. The molecule has 0 saturated carbocycles. The molecule has 0 aliphatic carbocycles. The van der Waals surface area contributed by atoms with Gasteiger partial charge in [-0.2, -0.15) is 0 Å². The van der Waals surface area contributed by atoms with E-state index in [9.17, 15) is 0 Å². The number of benzene rings is 1. The molecule has 0 spiro atoms. The van der Waals surface area contributed by atoms with Crippen molar-refractivity contribution >= 4 is 40.2 Å². The largest absolute Gasteiger partial charge is 0.147 e. The summed E-state index contributed by atoms with van der Waals surface area (Å²) in [6, 6.07) is 8.14. The summed E-state index contributed by atoms with van der Waals surface area (Å²) in [5.41, 5.74) is 1.28. The van der Waals surface area contributed by atoms with Gasteiger partial charge in [0.25, 0.3) is 0 Å². The molecule has 55 valence electrons. The lowest BCUT2D eigenvalue weighted by molar-refractivity contribution is 1.52. The van der Waals surface area contributed by atoms with Gasteiger partial charge in [0.2, 0.25) is 0 Å². The minimum atomic E-state index is 0. The van der Waals surface area contributed by atoms with Crippen molar-refractivity contribution in [2.75, 3.05) is 0 Å². The Kier molecular flexibility index (Phi) is 7.32. The Morgan fingerprint density at radius 2 is 1.60 bits per heavy atom. The monoisotopic (exact) mass is 191 g/mol. The van der Waals surface area contributed by atoms with Crippen LogP contribution in [0.3, 0.4) is 0 Å². The molecule has 0 N–H and O–H groups in total. The van der Waals surface area contributed by atoms with Crippen LogP contribution in [0.15, 0.2) is 24.3 Å². The second-order valence-electron chi connectivity index (χ2n) is 1.81. The molecular weight excluding hydrogens is 183 g/mol. The van der Waals surface area contributed by atoms with Crippen LogP contribution < -0.4 is 5.19 Å². The Hall–Kier alpha value is 0.0169. The van der Waals surface area contributed by atoms with E-state index in [0.29, 0.717) is 0 Å². The Labute approximate surface area is 77.3 Å². The van der Waals surface area contributed by atoms with E-state index in [1.165, 1.54) is 10.8 Å². The van der Waals surface area contributed by atoms with Crippen LogP contribution in [0, 0.1) is 6.92 Å². The first-order chi connectivity index (χ1) is 3.80. The predicted octanol–water partition coefficient (Wildman–Crippen LogP) is 1.63. The van der Waals surface area contributed by atoms with E-state index < -0.39 is 0 Å². The molecule has 0 nitrogen and oxygen atoms in total. The summed E-state index contributed by atoms with van der Waals surface area (Å²) in [7, 11) is 3.44. The molecule has 0 aliphatic rings. The summed E-state index contributed by atoms with van der Waals surface area (Å²) in [4.78, 5) is 0. The van der Waals surface area contributed by atoms with Crippen molar-refractivity contribution in [3.63, 3.8) is 0 Å². The minimum absolute atomic E-state index is 0. The molecule has 10 heavy (non-hydrogen) atoms. The van der Waals surface area contributed by atoms with E-state index in [0.717, 1.165) is 0 Å². The van der Waals surface area contributed by atoms with Gasteiger partial charge in [0.15, 0.2) is 0 Å². The van der Waals surface area contributed by atoms with Gasteiger partial charge < -0.3 is 0 Å². The Balaban J connectivity index is 0. The lowest BCUT2D eigenvalue weighted by Gasteiger charge is -1.93. The molecule has 1 aromatic rings. The molecule has 0 fully saturated rings. The smallest absolute Gasteiger partial charge is 0.0715 e. The van der Waals surface area contributed by atoms with Gasteiger partial charge >= 0.3 is 0 Å². The number of hydrogen-bond donors (Lipinski definition) is 0. The van der Waals surface area contributed by atoms with E-state index in [1.54, 1.807) is 0 Å². The average molecular weight is 192 g/mol. The van der Waals surface area contributed by atoms with Crippen molar-refractivity contribution in [2.24, 2.45) is 0 Å². The predicted molar refractivity (Wildman–Crippen MR) is 51.1 cm³/mol. The van der Waals surface area contributed by atoms with E-state index in [-0.39, 0.29) is 24.8 Å². The molecule has 0 unspecified atom stereocenters. The van der Waals surface area contributed by atoms with E-state index in [1.807, 2.05) is 18.2 Å². The molecule has 0 heterocycles. The van der Waals surface area contributed by atoms with Crippen molar-refractivity contribution in [1.29, 1.82) is 0 Å². The van der Waals surface area contributed by atoms with Crippen LogP contribution in [0.4, 0.5) is 0 Å². The number of halogens is 2. The minimum Gasteiger partial charge on any atom is -0.147 e. The molecule has 0 bridgehead atoms. The molecule has 0 atom stereocenters. The fraction of sp³-hybridized carbons (Fsp3) is 0.143. The van der Waals surface area contributed by atoms with Gasteiger partial charge in [0.05, 0.1) is 10.2 Å². The lowest BCUT2D eigenvalue weighted by Crippen LogP contribution is -2.04. The molecule has 0 aliphatic heterocycles. The molecule has 3 radical (unpaired) electrons. The molecule has 0 saturated heterocycles. The maximum atomic E-state index is 3.44. The lowest BCUT2D eigenvalue weighted by atomic mass is 10.2. The van der Waals surface area contributed by atoms with Crippen molar-refractivity contribution in [3.05, 3.63) is 29.8 Å².